The largest absolute Gasteiger partial charge is 0.379 e. The molecule has 8 heteroatoms. The average molecular weight is 734 g/mol. The third kappa shape index (κ3) is 33.0. The second-order valence-corrected chi connectivity index (χ2v) is 13.7. The zero-order chi connectivity index (χ0) is 38.1. The Morgan fingerprint density at radius 2 is 1.02 bits per heavy atom. The van der Waals surface area contributed by atoms with Gasteiger partial charge in [0, 0.05) is 62.6 Å². The molecule has 0 saturated heterocycles. The van der Waals surface area contributed by atoms with Crippen LogP contribution < -0.4 is 10.6 Å². The highest BCUT2D eigenvalue weighted by Gasteiger charge is 2.04. The molecule has 0 saturated carbocycles. The Bertz CT molecular complexity index is 1190. The molecule has 0 spiro atoms. The van der Waals surface area contributed by atoms with Crippen molar-refractivity contribution >= 4 is 11.8 Å². The van der Waals surface area contributed by atoms with E-state index in [1.165, 1.54) is 103 Å². The Morgan fingerprint density at radius 3 is 1.53 bits per heavy atom. The molecule has 0 radical (unpaired) electrons. The maximum Gasteiger partial charge on any atom is 0.251 e. The summed E-state index contributed by atoms with van der Waals surface area (Å²) in [5, 5.41) is 14.4. The minimum Gasteiger partial charge on any atom is -0.379 e. The standard InChI is InChI=1S/C45H71N3O5/c1-2-3-4-5-6-7-8-9-10-11-12-13-14-15-16-17-18-19-20-21-22-23-28-44(49)47-34-25-36-51-38-40-53-41-39-52-37-26-35-48-45(50)43-31-29-42(30-32-43)27-24-33-46/h29-32H,2-12,15-23,25-26,28,34-41H2,1H3,(H,47,49)(H,48,50). The highest BCUT2D eigenvalue weighted by atomic mass is 16.5. The van der Waals surface area contributed by atoms with Crippen LogP contribution in [-0.4, -0.2) is 64.5 Å². The predicted molar refractivity (Wildman–Crippen MR) is 216 cm³/mol. The van der Waals surface area contributed by atoms with Crippen LogP contribution in [0.3, 0.4) is 0 Å². The summed E-state index contributed by atoms with van der Waals surface area (Å²) >= 11 is 0. The Labute approximate surface area is 323 Å². The van der Waals surface area contributed by atoms with Gasteiger partial charge in [0.15, 0.2) is 6.07 Å². The molecule has 1 aromatic carbocycles. The van der Waals surface area contributed by atoms with E-state index in [0.717, 1.165) is 32.1 Å². The van der Waals surface area contributed by atoms with Crippen molar-refractivity contribution in [2.45, 2.75) is 155 Å². The van der Waals surface area contributed by atoms with Crippen LogP contribution in [0.5, 0.6) is 0 Å². The van der Waals surface area contributed by atoms with Gasteiger partial charge in [-0.25, -0.2) is 0 Å². The van der Waals surface area contributed by atoms with Gasteiger partial charge in [0.05, 0.1) is 26.4 Å². The van der Waals surface area contributed by atoms with Crippen molar-refractivity contribution in [3.8, 4) is 29.8 Å². The summed E-state index contributed by atoms with van der Waals surface area (Å²) in [6.07, 6.45) is 27.8. The van der Waals surface area contributed by atoms with E-state index in [1.807, 2.05) is 0 Å². The van der Waals surface area contributed by atoms with Crippen LogP contribution in [0.1, 0.15) is 171 Å². The summed E-state index contributed by atoms with van der Waals surface area (Å²) < 4.78 is 16.7. The van der Waals surface area contributed by atoms with Gasteiger partial charge in [-0.15, -0.1) is 11.8 Å². The molecule has 2 N–H and O–H groups in total. The first kappa shape index (κ1) is 47.7. The minimum atomic E-state index is -0.153. The van der Waals surface area contributed by atoms with Crippen molar-refractivity contribution in [2.75, 3.05) is 52.7 Å². The first-order valence-electron chi connectivity index (χ1n) is 20.9. The summed E-state index contributed by atoms with van der Waals surface area (Å²) in [6, 6.07) is 8.58. The summed E-state index contributed by atoms with van der Waals surface area (Å²) in [5.74, 6) is 11.8. The first-order valence-corrected chi connectivity index (χ1v) is 20.9. The SMILES string of the molecule is CCCCCCCCCCCCC#CCCCCCCCCCCC(=O)NCCCOCCOCCOCCCNC(=O)c1ccc(C#CC#N)cc1. The lowest BCUT2D eigenvalue weighted by molar-refractivity contribution is -0.121. The fourth-order valence-electron chi connectivity index (χ4n) is 5.75. The molecule has 0 bridgehead atoms. The van der Waals surface area contributed by atoms with E-state index in [2.05, 4.69) is 41.2 Å². The fraction of sp³-hybridized carbons (Fsp3) is 0.711. The zero-order valence-corrected chi connectivity index (χ0v) is 33.2. The molecule has 2 amide bonds. The van der Waals surface area contributed by atoms with Gasteiger partial charge in [-0.1, -0.05) is 109 Å². The zero-order valence-electron chi connectivity index (χ0n) is 33.2. The van der Waals surface area contributed by atoms with Crippen LogP contribution in [0.15, 0.2) is 24.3 Å². The van der Waals surface area contributed by atoms with Gasteiger partial charge in [0.1, 0.15) is 0 Å². The van der Waals surface area contributed by atoms with Gasteiger partial charge >= 0.3 is 0 Å². The Balaban J connectivity index is 1.75. The molecular weight excluding hydrogens is 663 g/mol. The number of benzene rings is 1. The van der Waals surface area contributed by atoms with Gasteiger partial charge in [0.2, 0.25) is 5.91 Å². The number of nitrogens with one attached hydrogen (secondary N) is 2. The van der Waals surface area contributed by atoms with Crippen molar-refractivity contribution in [1.82, 2.24) is 10.6 Å². The van der Waals surface area contributed by atoms with Crippen LogP contribution in [0.4, 0.5) is 0 Å². The van der Waals surface area contributed by atoms with E-state index in [0.29, 0.717) is 76.7 Å². The molecule has 0 aliphatic carbocycles. The van der Waals surface area contributed by atoms with E-state index in [4.69, 9.17) is 19.5 Å². The lowest BCUT2D eigenvalue weighted by Gasteiger charge is -2.08. The minimum absolute atomic E-state index is 0.138. The molecule has 296 valence electrons. The second kappa shape index (κ2) is 38.4. The number of carbonyl (C=O) groups is 2. The number of rotatable bonds is 35. The van der Waals surface area contributed by atoms with Crippen LogP contribution in [0.25, 0.3) is 0 Å². The van der Waals surface area contributed by atoms with E-state index in [-0.39, 0.29) is 11.8 Å². The number of unbranched alkanes of at least 4 members (excludes halogenated alkanes) is 18. The Kier molecular flexibility index (Phi) is 34.5. The van der Waals surface area contributed by atoms with E-state index < -0.39 is 0 Å². The van der Waals surface area contributed by atoms with Crippen molar-refractivity contribution < 1.29 is 23.8 Å². The molecule has 1 rings (SSSR count). The number of nitriles is 1. The molecule has 0 aliphatic rings. The van der Waals surface area contributed by atoms with Crippen molar-refractivity contribution in [1.29, 1.82) is 5.26 Å². The van der Waals surface area contributed by atoms with E-state index in [9.17, 15) is 9.59 Å². The van der Waals surface area contributed by atoms with Crippen LogP contribution in [0.2, 0.25) is 0 Å². The van der Waals surface area contributed by atoms with Crippen molar-refractivity contribution in [3.05, 3.63) is 35.4 Å². The molecule has 53 heavy (non-hydrogen) atoms. The lowest BCUT2D eigenvalue weighted by atomic mass is 10.1. The monoisotopic (exact) mass is 734 g/mol. The van der Waals surface area contributed by atoms with Crippen LogP contribution in [0, 0.1) is 35.0 Å². The molecule has 8 nitrogen and oxygen atoms in total. The maximum absolute atomic E-state index is 12.2. The van der Waals surface area contributed by atoms with Gasteiger partial charge in [-0.3, -0.25) is 9.59 Å². The molecule has 0 fully saturated rings. The van der Waals surface area contributed by atoms with Crippen LogP contribution >= 0.6 is 0 Å². The van der Waals surface area contributed by atoms with Gasteiger partial charge < -0.3 is 24.8 Å². The van der Waals surface area contributed by atoms with Gasteiger partial charge in [0.25, 0.3) is 5.91 Å². The number of nitrogens with zero attached hydrogens (tertiary/aromatic N) is 1. The molecule has 0 atom stereocenters. The number of ether oxygens (including phenoxy) is 3. The molecule has 0 unspecified atom stereocenters. The van der Waals surface area contributed by atoms with Gasteiger partial charge in [-0.05, 0) is 56.4 Å². The van der Waals surface area contributed by atoms with Crippen molar-refractivity contribution in [2.24, 2.45) is 0 Å². The number of hydrogen-bond acceptors (Lipinski definition) is 6. The normalized spacial score (nSPS) is 10.5. The maximum atomic E-state index is 12.2. The Hall–Kier alpha value is -3.35. The highest BCUT2D eigenvalue weighted by Crippen LogP contribution is 2.12. The molecular formula is C45H71N3O5. The van der Waals surface area contributed by atoms with Gasteiger partial charge in [-0.2, -0.15) is 5.26 Å². The van der Waals surface area contributed by atoms with Crippen LogP contribution in [-0.2, 0) is 19.0 Å². The quantitative estimate of drug-likeness (QED) is 0.0532. The Morgan fingerprint density at radius 1 is 0.566 bits per heavy atom. The third-order valence-corrected chi connectivity index (χ3v) is 8.93. The number of amides is 2. The second-order valence-electron chi connectivity index (χ2n) is 13.7. The summed E-state index contributed by atoms with van der Waals surface area (Å²) in [7, 11) is 0. The van der Waals surface area contributed by atoms with E-state index >= 15 is 0 Å². The van der Waals surface area contributed by atoms with Crippen molar-refractivity contribution in [3.63, 3.8) is 0 Å². The molecule has 0 aliphatic heterocycles. The molecule has 0 aromatic heterocycles. The lowest BCUT2D eigenvalue weighted by Crippen LogP contribution is -2.25. The predicted octanol–water partition coefficient (Wildman–Crippen LogP) is 9.45. The summed E-state index contributed by atoms with van der Waals surface area (Å²) in [6.45, 7) is 6.55. The summed E-state index contributed by atoms with van der Waals surface area (Å²) in [4.78, 5) is 24.3. The first-order chi connectivity index (χ1) is 26.2. The topological polar surface area (TPSA) is 110 Å². The molecule has 0 heterocycles. The molecule has 1 aromatic rings. The number of hydrogen-bond donors (Lipinski definition) is 2. The smallest absolute Gasteiger partial charge is 0.251 e. The summed E-state index contributed by atoms with van der Waals surface area (Å²) in [5.41, 5.74) is 1.24. The fourth-order valence-corrected chi connectivity index (χ4v) is 5.75. The average Bonchev–Trinajstić information content (AvgIpc) is 3.17. The van der Waals surface area contributed by atoms with E-state index in [1.54, 1.807) is 30.3 Å². The number of carbonyl (C=O) groups excluding carboxylic acids is 2. The third-order valence-electron chi connectivity index (χ3n) is 8.93. The highest BCUT2D eigenvalue weighted by molar-refractivity contribution is 5.94.